The number of hydrogen-bond donors (Lipinski definition) is 1. The second kappa shape index (κ2) is 3.23. The molecule has 0 aromatic carbocycles. The van der Waals surface area contributed by atoms with E-state index in [1.165, 1.54) is 30.8 Å². The van der Waals surface area contributed by atoms with Crippen LogP contribution in [0.25, 0.3) is 0 Å². The maximum Gasteiger partial charge on any atom is 0.154 e. The maximum atomic E-state index is 3.93. The van der Waals surface area contributed by atoms with Crippen LogP contribution in [-0.2, 0) is 0 Å². The van der Waals surface area contributed by atoms with Gasteiger partial charge in [-0.3, -0.25) is 0 Å². The SMILES string of the molecule is C1CCC(c2nnns2)NC1. The molecule has 0 saturated carbocycles. The molecule has 1 fully saturated rings. The first kappa shape index (κ1) is 7.12. The molecule has 2 rings (SSSR count). The molecule has 0 amide bonds. The average molecular weight is 170 g/mol. The summed E-state index contributed by atoms with van der Waals surface area (Å²) < 4.78 is 3.74. The van der Waals surface area contributed by atoms with Crippen molar-refractivity contribution in [1.82, 2.24) is 20.1 Å². The van der Waals surface area contributed by atoms with E-state index in [-0.39, 0.29) is 0 Å². The lowest BCUT2D eigenvalue weighted by molar-refractivity contribution is 0.409. The van der Waals surface area contributed by atoms with Crippen molar-refractivity contribution in [3.63, 3.8) is 0 Å². The van der Waals surface area contributed by atoms with E-state index in [9.17, 15) is 0 Å². The molecule has 1 aromatic heterocycles. The summed E-state index contributed by atoms with van der Waals surface area (Å²) in [6.07, 6.45) is 3.75. The van der Waals surface area contributed by atoms with Gasteiger partial charge in [0, 0.05) is 11.5 Å². The van der Waals surface area contributed by atoms with Gasteiger partial charge in [0.1, 0.15) is 0 Å². The van der Waals surface area contributed by atoms with E-state index in [4.69, 9.17) is 0 Å². The quantitative estimate of drug-likeness (QED) is 0.675. The molecule has 60 valence electrons. The van der Waals surface area contributed by atoms with Crippen molar-refractivity contribution in [2.45, 2.75) is 25.3 Å². The Morgan fingerprint density at radius 3 is 3.09 bits per heavy atom. The van der Waals surface area contributed by atoms with Gasteiger partial charge >= 0.3 is 0 Å². The Kier molecular flexibility index (Phi) is 2.09. The van der Waals surface area contributed by atoms with Gasteiger partial charge in [-0.2, -0.15) is 0 Å². The van der Waals surface area contributed by atoms with E-state index >= 15 is 0 Å². The highest BCUT2D eigenvalue weighted by Crippen LogP contribution is 2.22. The second-order valence-corrected chi connectivity index (χ2v) is 3.47. The van der Waals surface area contributed by atoms with E-state index in [0.717, 1.165) is 11.6 Å². The first-order valence-electron chi connectivity index (χ1n) is 3.85. The summed E-state index contributed by atoms with van der Waals surface area (Å²) in [7, 11) is 0. The Hall–Kier alpha value is -0.550. The molecule has 1 unspecified atom stereocenters. The average Bonchev–Trinajstić information content (AvgIpc) is 2.58. The molecule has 1 saturated heterocycles. The van der Waals surface area contributed by atoms with Crippen molar-refractivity contribution >= 4 is 11.5 Å². The van der Waals surface area contributed by atoms with Gasteiger partial charge in [0.2, 0.25) is 0 Å². The van der Waals surface area contributed by atoms with Crippen LogP contribution in [0.15, 0.2) is 0 Å². The van der Waals surface area contributed by atoms with Crippen LogP contribution in [0, 0.1) is 0 Å². The zero-order valence-corrected chi connectivity index (χ0v) is 6.97. The van der Waals surface area contributed by atoms with Crippen LogP contribution in [0.1, 0.15) is 30.3 Å². The lowest BCUT2D eigenvalue weighted by Crippen LogP contribution is -2.26. The summed E-state index contributed by atoms with van der Waals surface area (Å²) in [6.45, 7) is 1.10. The number of nitrogens with one attached hydrogen (secondary N) is 1. The van der Waals surface area contributed by atoms with Gasteiger partial charge in [-0.25, -0.2) is 0 Å². The summed E-state index contributed by atoms with van der Waals surface area (Å²) in [4.78, 5) is 0. The van der Waals surface area contributed by atoms with Crippen molar-refractivity contribution in [2.75, 3.05) is 6.54 Å². The zero-order valence-electron chi connectivity index (χ0n) is 6.16. The Morgan fingerprint density at radius 1 is 1.45 bits per heavy atom. The minimum Gasteiger partial charge on any atom is -0.308 e. The molecule has 1 aliphatic rings. The van der Waals surface area contributed by atoms with Crippen LogP contribution in [0.5, 0.6) is 0 Å². The molecule has 0 bridgehead atoms. The normalized spacial score (nSPS) is 25.3. The molecule has 11 heavy (non-hydrogen) atoms. The Morgan fingerprint density at radius 2 is 2.45 bits per heavy atom. The number of rotatable bonds is 1. The Balaban J connectivity index is 2.04. The van der Waals surface area contributed by atoms with E-state index < -0.39 is 0 Å². The molecule has 1 atom stereocenters. The number of aromatic nitrogens is 3. The highest BCUT2D eigenvalue weighted by Gasteiger charge is 2.17. The molecule has 0 aliphatic carbocycles. The fourth-order valence-electron chi connectivity index (χ4n) is 1.34. The highest BCUT2D eigenvalue weighted by atomic mass is 32.1. The van der Waals surface area contributed by atoms with Crippen LogP contribution in [0.3, 0.4) is 0 Å². The van der Waals surface area contributed by atoms with Crippen molar-refractivity contribution in [3.8, 4) is 0 Å². The summed E-state index contributed by atoms with van der Waals surface area (Å²) in [5.74, 6) is 0. The third-order valence-corrected chi connectivity index (χ3v) is 2.63. The summed E-state index contributed by atoms with van der Waals surface area (Å²) in [5, 5.41) is 11.9. The van der Waals surface area contributed by atoms with Crippen LogP contribution in [0.2, 0.25) is 0 Å². The number of piperidine rings is 1. The summed E-state index contributed by atoms with van der Waals surface area (Å²) >= 11 is 1.39. The van der Waals surface area contributed by atoms with Gasteiger partial charge in [-0.15, -0.1) is 5.10 Å². The maximum absolute atomic E-state index is 3.93. The van der Waals surface area contributed by atoms with Crippen LogP contribution in [-0.4, -0.2) is 21.3 Å². The largest absolute Gasteiger partial charge is 0.308 e. The van der Waals surface area contributed by atoms with E-state index in [2.05, 4.69) is 20.1 Å². The van der Waals surface area contributed by atoms with Crippen LogP contribution in [0.4, 0.5) is 0 Å². The second-order valence-electron chi connectivity index (χ2n) is 2.70. The predicted molar refractivity (Wildman–Crippen MR) is 42.3 cm³/mol. The van der Waals surface area contributed by atoms with Gasteiger partial charge in [0.25, 0.3) is 0 Å². The summed E-state index contributed by atoms with van der Waals surface area (Å²) in [6, 6.07) is 0.420. The third-order valence-electron chi connectivity index (χ3n) is 1.92. The molecule has 1 aromatic rings. The lowest BCUT2D eigenvalue weighted by Gasteiger charge is -2.19. The van der Waals surface area contributed by atoms with Gasteiger partial charge < -0.3 is 5.32 Å². The number of hydrogen-bond acceptors (Lipinski definition) is 5. The van der Waals surface area contributed by atoms with Gasteiger partial charge in [-0.1, -0.05) is 10.9 Å². The van der Waals surface area contributed by atoms with Gasteiger partial charge in [-0.05, 0) is 24.6 Å². The van der Waals surface area contributed by atoms with Crippen molar-refractivity contribution in [1.29, 1.82) is 0 Å². The van der Waals surface area contributed by atoms with E-state index in [1.54, 1.807) is 0 Å². The molecule has 2 heterocycles. The van der Waals surface area contributed by atoms with Gasteiger partial charge in [0.15, 0.2) is 5.01 Å². The fraction of sp³-hybridized carbons (Fsp3) is 0.833. The Bertz CT molecular complexity index is 204. The van der Waals surface area contributed by atoms with Crippen molar-refractivity contribution < 1.29 is 0 Å². The van der Waals surface area contributed by atoms with E-state index in [0.29, 0.717) is 6.04 Å². The Labute approximate surface area is 69.2 Å². The molecule has 0 spiro atoms. The van der Waals surface area contributed by atoms with Crippen molar-refractivity contribution in [2.24, 2.45) is 0 Å². The smallest absolute Gasteiger partial charge is 0.154 e. The van der Waals surface area contributed by atoms with Crippen LogP contribution < -0.4 is 5.32 Å². The molecule has 0 radical (unpaired) electrons. The molecule has 1 N–H and O–H groups in total. The molecular weight excluding hydrogens is 160 g/mol. The summed E-state index contributed by atoms with van der Waals surface area (Å²) in [5.41, 5.74) is 0. The van der Waals surface area contributed by atoms with Crippen LogP contribution >= 0.6 is 11.5 Å². The standard InChI is InChI=1S/C6H10N4S/c1-2-4-7-5(3-1)6-8-9-10-11-6/h5,7H,1-4H2. The highest BCUT2D eigenvalue weighted by molar-refractivity contribution is 7.05. The predicted octanol–water partition coefficient (Wildman–Crippen LogP) is 0.748. The third kappa shape index (κ3) is 1.54. The number of nitrogens with zero attached hydrogens (tertiary/aromatic N) is 3. The first-order chi connectivity index (χ1) is 5.47. The fourth-order valence-corrected chi connectivity index (χ4v) is 1.89. The van der Waals surface area contributed by atoms with Crippen molar-refractivity contribution in [3.05, 3.63) is 5.01 Å². The molecular formula is C6H10N4S. The molecule has 4 nitrogen and oxygen atoms in total. The zero-order chi connectivity index (χ0) is 7.52. The monoisotopic (exact) mass is 170 g/mol. The molecule has 5 heteroatoms. The minimum absolute atomic E-state index is 0.420. The lowest BCUT2D eigenvalue weighted by atomic mass is 10.1. The topological polar surface area (TPSA) is 50.7 Å². The first-order valence-corrected chi connectivity index (χ1v) is 4.62. The van der Waals surface area contributed by atoms with Gasteiger partial charge in [0.05, 0.1) is 6.04 Å². The molecule has 1 aliphatic heterocycles. The van der Waals surface area contributed by atoms with E-state index in [1.807, 2.05) is 0 Å². The minimum atomic E-state index is 0.420.